The first-order valence-corrected chi connectivity index (χ1v) is 5.91. The maximum atomic E-state index is 11.8. The van der Waals surface area contributed by atoms with Gasteiger partial charge in [-0.15, -0.1) is 0 Å². The average molecular weight is 245 g/mol. The van der Waals surface area contributed by atoms with Gasteiger partial charge < -0.3 is 10.0 Å². The smallest absolute Gasteiger partial charge is 0.307 e. The van der Waals surface area contributed by atoms with Gasteiger partial charge >= 0.3 is 5.97 Å². The normalized spacial score (nSPS) is 14.6. The first-order valence-electron chi connectivity index (χ1n) is 5.91. The molecule has 0 unspecified atom stereocenters. The van der Waals surface area contributed by atoms with E-state index >= 15 is 0 Å². The molecule has 1 aliphatic rings. The highest BCUT2D eigenvalue weighted by Gasteiger charge is 2.18. The van der Waals surface area contributed by atoms with E-state index in [1.165, 1.54) is 23.3 Å². The van der Waals surface area contributed by atoms with E-state index in [9.17, 15) is 9.59 Å². The number of benzene rings is 1. The predicted octanol–water partition coefficient (Wildman–Crippen LogP) is 1.60. The number of fused-ring (bicyclic) bond motifs is 1. The second-order valence-corrected chi connectivity index (χ2v) is 4.28. The van der Waals surface area contributed by atoms with Crippen LogP contribution in [0.25, 0.3) is 0 Å². The fourth-order valence-electron chi connectivity index (χ4n) is 2.05. The molecule has 2 rings (SSSR count). The van der Waals surface area contributed by atoms with Crippen molar-refractivity contribution in [3.63, 3.8) is 0 Å². The summed E-state index contributed by atoms with van der Waals surface area (Å²) in [7, 11) is 0. The lowest BCUT2D eigenvalue weighted by atomic mass is 10.00. The molecule has 0 fully saturated rings. The molecule has 1 aliphatic heterocycles. The molecule has 0 radical (unpaired) electrons. The molecule has 1 aromatic carbocycles. The summed E-state index contributed by atoms with van der Waals surface area (Å²) in [6.07, 6.45) is 3.48. The number of carboxylic acid groups (broad SMARTS) is 1. The monoisotopic (exact) mass is 245 g/mol. The van der Waals surface area contributed by atoms with Crippen molar-refractivity contribution >= 4 is 11.9 Å². The summed E-state index contributed by atoms with van der Waals surface area (Å²) in [5.41, 5.74) is 2.46. The zero-order valence-electron chi connectivity index (χ0n) is 10.0. The molecule has 1 amide bonds. The minimum Gasteiger partial charge on any atom is -0.481 e. The summed E-state index contributed by atoms with van der Waals surface area (Å²) in [5, 5.41) is 8.49. The Kier molecular flexibility index (Phi) is 3.77. The summed E-state index contributed by atoms with van der Waals surface area (Å²) in [6, 6.07) is 8.07. The van der Waals surface area contributed by atoms with Crippen molar-refractivity contribution in [2.75, 3.05) is 6.54 Å². The van der Waals surface area contributed by atoms with Crippen LogP contribution in [0, 0.1) is 0 Å². The number of hydrogen-bond acceptors (Lipinski definition) is 2. The van der Waals surface area contributed by atoms with Crippen LogP contribution >= 0.6 is 0 Å². The molecule has 4 heteroatoms. The fourth-order valence-corrected chi connectivity index (χ4v) is 2.05. The van der Waals surface area contributed by atoms with Crippen molar-refractivity contribution in [3.05, 3.63) is 47.5 Å². The maximum Gasteiger partial charge on any atom is 0.307 e. The van der Waals surface area contributed by atoms with Crippen LogP contribution in [0.4, 0.5) is 0 Å². The SMILES string of the molecule is O=C(O)C/C=C/C(=O)N1CCc2ccccc2C1. The Balaban J connectivity index is 1.98. The van der Waals surface area contributed by atoms with Crippen molar-refractivity contribution in [3.8, 4) is 0 Å². The Hall–Kier alpha value is -2.10. The Morgan fingerprint density at radius 1 is 1.28 bits per heavy atom. The number of carbonyl (C=O) groups excluding carboxylic acids is 1. The van der Waals surface area contributed by atoms with Gasteiger partial charge in [0, 0.05) is 13.1 Å². The van der Waals surface area contributed by atoms with Crippen molar-refractivity contribution in [1.29, 1.82) is 0 Å². The van der Waals surface area contributed by atoms with Crippen LogP contribution in [0.3, 0.4) is 0 Å². The van der Waals surface area contributed by atoms with Gasteiger partial charge in [-0.1, -0.05) is 30.3 Å². The lowest BCUT2D eigenvalue weighted by Gasteiger charge is -2.27. The van der Waals surface area contributed by atoms with E-state index in [1.54, 1.807) is 4.90 Å². The van der Waals surface area contributed by atoms with E-state index in [1.807, 2.05) is 18.2 Å². The summed E-state index contributed by atoms with van der Waals surface area (Å²) in [5.74, 6) is -1.05. The lowest BCUT2D eigenvalue weighted by Crippen LogP contribution is -2.34. The number of aliphatic carboxylic acids is 1. The van der Waals surface area contributed by atoms with Crippen LogP contribution in [-0.2, 0) is 22.6 Å². The Morgan fingerprint density at radius 2 is 2.00 bits per heavy atom. The zero-order valence-corrected chi connectivity index (χ0v) is 10.0. The molecule has 1 aromatic rings. The number of rotatable bonds is 3. The van der Waals surface area contributed by atoms with Gasteiger partial charge in [0.15, 0.2) is 0 Å². The van der Waals surface area contributed by atoms with Gasteiger partial charge in [0.2, 0.25) is 5.91 Å². The van der Waals surface area contributed by atoms with Crippen LogP contribution in [-0.4, -0.2) is 28.4 Å². The van der Waals surface area contributed by atoms with Gasteiger partial charge in [0.1, 0.15) is 0 Å². The average Bonchev–Trinajstić information content (AvgIpc) is 2.37. The van der Waals surface area contributed by atoms with Gasteiger partial charge in [-0.05, 0) is 23.6 Å². The Labute approximate surface area is 106 Å². The zero-order chi connectivity index (χ0) is 13.0. The highest BCUT2D eigenvalue weighted by molar-refractivity contribution is 5.88. The lowest BCUT2D eigenvalue weighted by molar-refractivity contribution is -0.136. The van der Waals surface area contributed by atoms with Gasteiger partial charge in [0.25, 0.3) is 0 Å². The first-order chi connectivity index (χ1) is 8.66. The highest BCUT2D eigenvalue weighted by atomic mass is 16.4. The summed E-state index contributed by atoms with van der Waals surface area (Å²) in [6.45, 7) is 1.29. The molecular formula is C14H15NO3. The fraction of sp³-hybridized carbons (Fsp3) is 0.286. The minimum atomic E-state index is -0.928. The van der Waals surface area contributed by atoms with Crippen LogP contribution < -0.4 is 0 Å². The number of carboxylic acids is 1. The van der Waals surface area contributed by atoms with Crippen molar-refractivity contribution in [2.24, 2.45) is 0 Å². The van der Waals surface area contributed by atoms with Gasteiger partial charge in [0.05, 0.1) is 6.42 Å². The van der Waals surface area contributed by atoms with E-state index in [2.05, 4.69) is 6.07 Å². The largest absolute Gasteiger partial charge is 0.481 e. The van der Waals surface area contributed by atoms with E-state index in [0.29, 0.717) is 13.1 Å². The molecule has 18 heavy (non-hydrogen) atoms. The number of nitrogens with zero attached hydrogens (tertiary/aromatic N) is 1. The standard InChI is InChI=1S/C14H15NO3/c16-13(6-3-7-14(17)18)15-9-8-11-4-1-2-5-12(11)10-15/h1-6H,7-10H2,(H,17,18)/b6-3+. The maximum absolute atomic E-state index is 11.8. The molecule has 0 aromatic heterocycles. The quantitative estimate of drug-likeness (QED) is 0.823. The van der Waals surface area contributed by atoms with Crippen molar-refractivity contribution in [1.82, 2.24) is 4.90 Å². The molecular weight excluding hydrogens is 230 g/mol. The molecule has 0 aliphatic carbocycles. The Bertz CT molecular complexity index is 494. The topological polar surface area (TPSA) is 57.6 Å². The number of hydrogen-bond donors (Lipinski definition) is 1. The third kappa shape index (κ3) is 2.97. The highest BCUT2D eigenvalue weighted by Crippen LogP contribution is 2.18. The van der Waals surface area contributed by atoms with Crippen molar-refractivity contribution < 1.29 is 14.7 Å². The molecule has 0 spiro atoms. The predicted molar refractivity (Wildman–Crippen MR) is 67.0 cm³/mol. The van der Waals surface area contributed by atoms with Crippen LogP contribution in [0.5, 0.6) is 0 Å². The molecule has 0 bridgehead atoms. The third-order valence-electron chi connectivity index (χ3n) is 3.00. The second-order valence-electron chi connectivity index (χ2n) is 4.28. The summed E-state index contributed by atoms with van der Waals surface area (Å²) in [4.78, 5) is 23.9. The van der Waals surface area contributed by atoms with E-state index < -0.39 is 5.97 Å². The molecule has 1 heterocycles. The molecule has 0 atom stereocenters. The van der Waals surface area contributed by atoms with Crippen LogP contribution in [0.1, 0.15) is 17.5 Å². The summed E-state index contributed by atoms with van der Waals surface area (Å²) < 4.78 is 0. The molecule has 0 saturated heterocycles. The van der Waals surface area contributed by atoms with Crippen LogP contribution in [0.2, 0.25) is 0 Å². The summed E-state index contributed by atoms with van der Waals surface area (Å²) >= 11 is 0. The van der Waals surface area contributed by atoms with E-state index in [-0.39, 0.29) is 12.3 Å². The van der Waals surface area contributed by atoms with Crippen LogP contribution in [0.15, 0.2) is 36.4 Å². The van der Waals surface area contributed by atoms with E-state index in [4.69, 9.17) is 5.11 Å². The van der Waals surface area contributed by atoms with E-state index in [0.717, 1.165) is 6.42 Å². The molecule has 4 nitrogen and oxygen atoms in total. The van der Waals surface area contributed by atoms with Crippen molar-refractivity contribution in [2.45, 2.75) is 19.4 Å². The molecule has 1 N–H and O–H groups in total. The number of carbonyl (C=O) groups is 2. The number of amides is 1. The van der Waals surface area contributed by atoms with Gasteiger partial charge in [-0.3, -0.25) is 9.59 Å². The third-order valence-corrected chi connectivity index (χ3v) is 3.00. The van der Waals surface area contributed by atoms with Gasteiger partial charge in [-0.25, -0.2) is 0 Å². The van der Waals surface area contributed by atoms with Gasteiger partial charge in [-0.2, -0.15) is 0 Å². The molecule has 94 valence electrons. The first kappa shape index (κ1) is 12.4. The second kappa shape index (κ2) is 5.49. The molecule has 0 saturated carbocycles. The minimum absolute atomic E-state index is 0.115. The Morgan fingerprint density at radius 3 is 2.72 bits per heavy atom.